The number of carbonyl (C=O) groups is 3. The maximum absolute atomic E-state index is 12.8. The van der Waals surface area contributed by atoms with Crippen molar-refractivity contribution in [3.63, 3.8) is 0 Å². The van der Waals surface area contributed by atoms with Crippen LogP contribution in [-0.2, 0) is 14.3 Å². The first-order chi connectivity index (χ1) is 15.0. The second-order valence-corrected chi connectivity index (χ2v) is 8.87. The second kappa shape index (κ2) is 9.30. The van der Waals surface area contributed by atoms with Gasteiger partial charge in [0.2, 0.25) is 5.91 Å². The third-order valence-electron chi connectivity index (χ3n) is 4.71. The van der Waals surface area contributed by atoms with Gasteiger partial charge in [-0.15, -0.1) is 0 Å². The van der Waals surface area contributed by atoms with Crippen LogP contribution in [-0.4, -0.2) is 36.7 Å². The molecule has 170 valence electrons. The molecule has 0 aromatic heterocycles. The molecule has 8 heteroatoms. The highest BCUT2D eigenvalue weighted by molar-refractivity contribution is 6.05. The molecule has 1 aliphatic heterocycles. The van der Waals surface area contributed by atoms with Crippen molar-refractivity contribution in [1.29, 1.82) is 0 Å². The summed E-state index contributed by atoms with van der Waals surface area (Å²) in [7, 11) is 0. The monoisotopic (exact) mass is 439 g/mol. The van der Waals surface area contributed by atoms with Crippen LogP contribution in [0.1, 0.15) is 46.1 Å². The van der Waals surface area contributed by atoms with E-state index in [1.807, 2.05) is 38.1 Å². The van der Waals surface area contributed by atoms with Crippen LogP contribution in [0.15, 0.2) is 42.5 Å². The number of nitrogens with zero attached hydrogens (tertiary/aromatic N) is 1. The van der Waals surface area contributed by atoms with Gasteiger partial charge in [-0.3, -0.25) is 19.8 Å². The number of benzene rings is 2. The Kier molecular flexibility index (Phi) is 6.72. The minimum absolute atomic E-state index is 0.165. The minimum Gasteiger partial charge on any atom is -0.482 e. The van der Waals surface area contributed by atoms with Crippen LogP contribution in [0.25, 0.3) is 0 Å². The van der Waals surface area contributed by atoms with Crippen molar-refractivity contribution in [3.05, 3.63) is 48.0 Å². The van der Waals surface area contributed by atoms with Gasteiger partial charge in [0.15, 0.2) is 6.61 Å². The van der Waals surface area contributed by atoms with Crippen molar-refractivity contribution >= 4 is 35.0 Å². The molecule has 32 heavy (non-hydrogen) atoms. The average molecular weight is 440 g/mol. The number of amides is 3. The number of hydrogen-bond acceptors (Lipinski definition) is 5. The molecule has 0 aliphatic carbocycles. The highest BCUT2D eigenvalue weighted by Crippen LogP contribution is 2.35. The largest absolute Gasteiger partial charge is 0.482 e. The quantitative estimate of drug-likeness (QED) is 0.714. The fourth-order valence-corrected chi connectivity index (χ4v) is 3.32. The van der Waals surface area contributed by atoms with E-state index in [4.69, 9.17) is 9.47 Å². The zero-order valence-electron chi connectivity index (χ0n) is 19.0. The molecule has 2 aromatic rings. The summed E-state index contributed by atoms with van der Waals surface area (Å²) in [5.74, 6) is 0.0115. The molecule has 0 atom stereocenters. The third kappa shape index (κ3) is 5.78. The highest BCUT2D eigenvalue weighted by Gasteiger charge is 2.28. The molecular formula is C24H29N3O5. The molecule has 2 aromatic carbocycles. The molecule has 0 bridgehead atoms. The molecule has 1 aliphatic rings. The number of rotatable bonds is 5. The van der Waals surface area contributed by atoms with Gasteiger partial charge >= 0.3 is 6.09 Å². The van der Waals surface area contributed by atoms with Gasteiger partial charge in [-0.2, -0.15) is 0 Å². The maximum atomic E-state index is 12.8. The average Bonchev–Trinajstić information content (AvgIpc) is 2.69. The lowest BCUT2D eigenvalue weighted by molar-refractivity contribution is -0.123. The van der Waals surface area contributed by atoms with Crippen molar-refractivity contribution in [2.24, 2.45) is 0 Å². The summed E-state index contributed by atoms with van der Waals surface area (Å²) < 4.78 is 10.8. The molecule has 8 nitrogen and oxygen atoms in total. The first kappa shape index (κ1) is 23.1. The van der Waals surface area contributed by atoms with E-state index in [1.165, 1.54) is 4.90 Å². The Morgan fingerprint density at radius 2 is 1.84 bits per heavy atom. The predicted molar refractivity (Wildman–Crippen MR) is 123 cm³/mol. The lowest BCUT2D eigenvalue weighted by Crippen LogP contribution is -2.43. The van der Waals surface area contributed by atoms with E-state index in [2.05, 4.69) is 10.6 Å². The molecule has 0 radical (unpaired) electrons. The van der Waals surface area contributed by atoms with E-state index in [1.54, 1.807) is 39.0 Å². The Hall–Kier alpha value is -3.55. The molecule has 3 rings (SSSR count). The van der Waals surface area contributed by atoms with Gasteiger partial charge in [0, 0.05) is 11.4 Å². The molecule has 0 fully saturated rings. The topological polar surface area (TPSA) is 97.0 Å². The molecule has 0 saturated carbocycles. The number of para-hydroxylation sites is 1. The molecule has 1 heterocycles. The molecule has 3 amide bonds. The molecule has 0 saturated heterocycles. The highest BCUT2D eigenvalue weighted by atomic mass is 16.6. The van der Waals surface area contributed by atoms with Gasteiger partial charge in [-0.25, -0.2) is 4.79 Å². The van der Waals surface area contributed by atoms with Crippen LogP contribution >= 0.6 is 0 Å². The Balaban J connectivity index is 1.78. The lowest BCUT2D eigenvalue weighted by atomic mass is 10.0. The smallest absolute Gasteiger partial charge is 0.412 e. The number of hydrogen-bond donors (Lipinski definition) is 2. The van der Waals surface area contributed by atoms with Crippen molar-refractivity contribution in [2.75, 3.05) is 28.7 Å². The Labute approximate surface area is 187 Å². The first-order valence-electron chi connectivity index (χ1n) is 10.5. The SMILES string of the molecule is CC(C)c1ccccc1NC(=O)CN1C(=O)COc2ccc(NC(=O)OC(C)(C)C)cc21. The zero-order chi connectivity index (χ0) is 23.5. The summed E-state index contributed by atoms with van der Waals surface area (Å²) >= 11 is 0. The normalized spacial score (nSPS) is 13.3. The summed E-state index contributed by atoms with van der Waals surface area (Å²) in [5.41, 5.74) is 1.91. The number of anilines is 3. The van der Waals surface area contributed by atoms with Gasteiger partial charge in [-0.1, -0.05) is 32.0 Å². The summed E-state index contributed by atoms with van der Waals surface area (Å²) in [6.07, 6.45) is -0.616. The zero-order valence-corrected chi connectivity index (χ0v) is 19.0. The fraction of sp³-hybridized carbons (Fsp3) is 0.375. The summed E-state index contributed by atoms with van der Waals surface area (Å²) in [5, 5.41) is 5.54. The van der Waals surface area contributed by atoms with Crippen LogP contribution in [0, 0.1) is 0 Å². The fourth-order valence-electron chi connectivity index (χ4n) is 3.32. The van der Waals surface area contributed by atoms with Crippen LogP contribution < -0.4 is 20.3 Å². The number of fused-ring (bicyclic) bond motifs is 1. The van der Waals surface area contributed by atoms with Crippen molar-refractivity contribution in [1.82, 2.24) is 0 Å². The number of carbonyl (C=O) groups excluding carboxylic acids is 3. The van der Waals surface area contributed by atoms with Crippen LogP contribution in [0.5, 0.6) is 5.75 Å². The van der Waals surface area contributed by atoms with Crippen LogP contribution in [0.2, 0.25) is 0 Å². The van der Waals surface area contributed by atoms with E-state index < -0.39 is 11.7 Å². The Bertz CT molecular complexity index is 1030. The summed E-state index contributed by atoms with van der Waals surface area (Å²) in [4.78, 5) is 38.8. The molecule has 2 N–H and O–H groups in total. The van der Waals surface area contributed by atoms with E-state index in [9.17, 15) is 14.4 Å². The summed E-state index contributed by atoms with van der Waals surface area (Å²) in [6.45, 7) is 9.05. The van der Waals surface area contributed by atoms with Crippen molar-refractivity contribution in [3.8, 4) is 5.75 Å². The first-order valence-corrected chi connectivity index (χ1v) is 10.5. The minimum atomic E-state index is -0.645. The maximum Gasteiger partial charge on any atom is 0.412 e. The van der Waals surface area contributed by atoms with E-state index in [0.29, 0.717) is 22.8 Å². The van der Waals surface area contributed by atoms with Crippen LogP contribution in [0.3, 0.4) is 0 Å². The second-order valence-electron chi connectivity index (χ2n) is 8.87. The van der Waals surface area contributed by atoms with Gasteiger partial charge in [-0.05, 0) is 56.5 Å². The van der Waals surface area contributed by atoms with Crippen molar-refractivity contribution in [2.45, 2.75) is 46.1 Å². The third-order valence-corrected chi connectivity index (χ3v) is 4.71. The Morgan fingerprint density at radius 3 is 2.53 bits per heavy atom. The van der Waals surface area contributed by atoms with Gasteiger partial charge < -0.3 is 14.8 Å². The predicted octanol–water partition coefficient (Wildman–Crippen LogP) is 4.52. The van der Waals surface area contributed by atoms with Gasteiger partial charge in [0.25, 0.3) is 5.91 Å². The molecular weight excluding hydrogens is 410 g/mol. The van der Waals surface area contributed by atoms with E-state index in [0.717, 1.165) is 5.56 Å². The number of ether oxygens (including phenoxy) is 2. The standard InChI is InChI=1S/C24H29N3O5/c1-15(2)17-8-6-7-9-18(17)26-21(28)13-27-19-12-16(25-23(30)32-24(3,4)5)10-11-20(19)31-14-22(27)29/h6-12,15H,13-14H2,1-5H3,(H,25,30)(H,26,28). The van der Waals surface area contributed by atoms with Gasteiger partial charge in [0.1, 0.15) is 17.9 Å². The van der Waals surface area contributed by atoms with E-state index in [-0.39, 0.29) is 30.9 Å². The molecule has 0 spiro atoms. The van der Waals surface area contributed by atoms with E-state index >= 15 is 0 Å². The molecule has 0 unspecified atom stereocenters. The lowest BCUT2D eigenvalue weighted by Gasteiger charge is -2.29. The number of nitrogens with one attached hydrogen (secondary N) is 2. The summed E-state index contributed by atoms with van der Waals surface area (Å²) in [6, 6.07) is 12.5. The van der Waals surface area contributed by atoms with Gasteiger partial charge in [0.05, 0.1) is 5.69 Å². The van der Waals surface area contributed by atoms with Crippen LogP contribution in [0.4, 0.5) is 21.9 Å². The Morgan fingerprint density at radius 1 is 1.12 bits per heavy atom. The van der Waals surface area contributed by atoms with Crippen molar-refractivity contribution < 1.29 is 23.9 Å².